The Hall–Kier alpha value is -0.230. The standard InChI is InChI=1S/C8H12ClN3OS/c1-6-4-12(2-3-13-6)5-7-8(9)14-11-10-7/h6H,2-5H2,1H3/t6-/m1/s1. The summed E-state index contributed by atoms with van der Waals surface area (Å²) in [6.45, 7) is 5.53. The van der Waals surface area contributed by atoms with Gasteiger partial charge in [-0.05, 0) is 6.92 Å². The maximum atomic E-state index is 5.93. The summed E-state index contributed by atoms with van der Waals surface area (Å²) in [5.74, 6) is 0. The molecule has 78 valence electrons. The molecule has 1 fully saturated rings. The summed E-state index contributed by atoms with van der Waals surface area (Å²) in [6.07, 6.45) is 0.300. The van der Waals surface area contributed by atoms with Gasteiger partial charge < -0.3 is 4.74 Å². The lowest BCUT2D eigenvalue weighted by Crippen LogP contribution is -2.40. The van der Waals surface area contributed by atoms with Crippen molar-refractivity contribution in [2.24, 2.45) is 0 Å². The largest absolute Gasteiger partial charge is 0.376 e. The van der Waals surface area contributed by atoms with Gasteiger partial charge in [0.1, 0.15) is 10.0 Å². The van der Waals surface area contributed by atoms with Crippen molar-refractivity contribution < 1.29 is 4.74 Å². The molecule has 1 aliphatic rings. The number of hydrogen-bond acceptors (Lipinski definition) is 5. The summed E-state index contributed by atoms with van der Waals surface area (Å²) >= 11 is 7.17. The first kappa shape index (κ1) is 10.3. The molecule has 2 heterocycles. The first-order chi connectivity index (χ1) is 6.75. The molecule has 0 N–H and O–H groups in total. The number of aromatic nitrogens is 2. The van der Waals surface area contributed by atoms with E-state index in [1.54, 1.807) is 0 Å². The third kappa shape index (κ3) is 2.42. The highest BCUT2D eigenvalue weighted by molar-refractivity contribution is 7.10. The number of morpholine rings is 1. The molecule has 2 rings (SSSR count). The van der Waals surface area contributed by atoms with Crippen LogP contribution in [0.15, 0.2) is 0 Å². The second-order valence-electron chi connectivity index (χ2n) is 3.41. The van der Waals surface area contributed by atoms with E-state index in [1.165, 1.54) is 11.5 Å². The molecule has 14 heavy (non-hydrogen) atoms. The Morgan fingerprint density at radius 2 is 2.57 bits per heavy atom. The molecule has 6 heteroatoms. The van der Waals surface area contributed by atoms with E-state index in [1.807, 2.05) is 0 Å². The third-order valence-electron chi connectivity index (χ3n) is 2.21. The van der Waals surface area contributed by atoms with E-state index in [2.05, 4.69) is 21.4 Å². The van der Waals surface area contributed by atoms with Gasteiger partial charge in [-0.25, -0.2) is 0 Å². The minimum Gasteiger partial charge on any atom is -0.376 e. The molecule has 1 aliphatic heterocycles. The van der Waals surface area contributed by atoms with E-state index in [4.69, 9.17) is 16.3 Å². The van der Waals surface area contributed by atoms with Gasteiger partial charge in [0.25, 0.3) is 0 Å². The highest BCUT2D eigenvalue weighted by Gasteiger charge is 2.18. The van der Waals surface area contributed by atoms with Crippen molar-refractivity contribution in [3.8, 4) is 0 Å². The number of nitrogens with zero attached hydrogens (tertiary/aromatic N) is 3. The van der Waals surface area contributed by atoms with Gasteiger partial charge in [0.05, 0.1) is 12.7 Å². The average Bonchev–Trinajstić information content (AvgIpc) is 2.52. The predicted octanol–water partition coefficient (Wildman–Crippen LogP) is 1.41. The monoisotopic (exact) mass is 233 g/mol. The van der Waals surface area contributed by atoms with Crippen LogP contribution in [0.3, 0.4) is 0 Å². The van der Waals surface area contributed by atoms with Gasteiger partial charge in [0, 0.05) is 31.2 Å². The number of ether oxygens (including phenoxy) is 1. The third-order valence-corrected chi connectivity index (χ3v) is 3.19. The minimum atomic E-state index is 0.300. The summed E-state index contributed by atoms with van der Waals surface area (Å²) in [5, 5.41) is 3.99. The van der Waals surface area contributed by atoms with E-state index in [-0.39, 0.29) is 0 Å². The predicted molar refractivity (Wildman–Crippen MR) is 55.6 cm³/mol. The Morgan fingerprint density at radius 1 is 1.71 bits per heavy atom. The highest BCUT2D eigenvalue weighted by Crippen LogP contribution is 2.19. The van der Waals surface area contributed by atoms with Gasteiger partial charge in [-0.1, -0.05) is 16.1 Å². The summed E-state index contributed by atoms with van der Waals surface area (Å²) in [5.41, 5.74) is 0.880. The first-order valence-corrected chi connectivity index (χ1v) is 5.71. The Morgan fingerprint density at radius 3 is 3.21 bits per heavy atom. The fourth-order valence-corrected chi connectivity index (χ4v) is 2.15. The molecule has 1 aromatic rings. The molecular formula is C8H12ClN3OS. The average molecular weight is 234 g/mol. The fourth-order valence-electron chi connectivity index (χ4n) is 1.54. The van der Waals surface area contributed by atoms with E-state index in [0.717, 1.165) is 31.9 Å². The molecule has 4 nitrogen and oxygen atoms in total. The highest BCUT2D eigenvalue weighted by atomic mass is 35.5. The van der Waals surface area contributed by atoms with Crippen LogP contribution in [-0.4, -0.2) is 40.3 Å². The van der Waals surface area contributed by atoms with Crippen LogP contribution in [0.1, 0.15) is 12.6 Å². The van der Waals surface area contributed by atoms with Gasteiger partial charge >= 0.3 is 0 Å². The van der Waals surface area contributed by atoms with Gasteiger partial charge in [-0.2, -0.15) is 0 Å². The van der Waals surface area contributed by atoms with Crippen molar-refractivity contribution in [1.29, 1.82) is 0 Å². The van der Waals surface area contributed by atoms with E-state index < -0.39 is 0 Å². The Kier molecular flexibility index (Phi) is 3.33. The SMILES string of the molecule is C[C@@H]1CN(Cc2nnsc2Cl)CCO1. The Bertz CT molecular complexity index is 307. The Labute approximate surface area is 92.0 Å². The zero-order chi connectivity index (χ0) is 9.97. The summed E-state index contributed by atoms with van der Waals surface area (Å²) in [6, 6.07) is 0. The molecule has 0 aromatic carbocycles. The molecule has 1 saturated heterocycles. The summed E-state index contributed by atoms with van der Waals surface area (Å²) in [7, 11) is 0. The summed E-state index contributed by atoms with van der Waals surface area (Å²) < 4.78 is 9.96. The second-order valence-corrected chi connectivity index (χ2v) is 4.77. The quantitative estimate of drug-likeness (QED) is 0.774. The molecule has 0 bridgehead atoms. The van der Waals surface area contributed by atoms with Crippen molar-refractivity contribution in [3.63, 3.8) is 0 Å². The molecular weight excluding hydrogens is 222 g/mol. The maximum absolute atomic E-state index is 5.93. The molecule has 0 aliphatic carbocycles. The van der Waals surface area contributed by atoms with Crippen LogP contribution in [0, 0.1) is 0 Å². The minimum absolute atomic E-state index is 0.300. The molecule has 1 atom stereocenters. The lowest BCUT2D eigenvalue weighted by atomic mass is 10.3. The lowest BCUT2D eigenvalue weighted by molar-refractivity contribution is -0.0215. The van der Waals surface area contributed by atoms with Gasteiger partial charge in [0.15, 0.2) is 0 Å². The second kappa shape index (κ2) is 4.53. The number of hydrogen-bond donors (Lipinski definition) is 0. The smallest absolute Gasteiger partial charge is 0.138 e. The van der Waals surface area contributed by atoms with Crippen LogP contribution in [0.25, 0.3) is 0 Å². The van der Waals surface area contributed by atoms with E-state index >= 15 is 0 Å². The zero-order valence-electron chi connectivity index (χ0n) is 7.94. The molecule has 0 unspecified atom stereocenters. The van der Waals surface area contributed by atoms with Crippen molar-refractivity contribution >= 4 is 23.1 Å². The van der Waals surface area contributed by atoms with E-state index in [0.29, 0.717) is 10.4 Å². The lowest BCUT2D eigenvalue weighted by Gasteiger charge is -2.30. The molecule has 0 radical (unpaired) electrons. The van der Waals surface area contributed by atoms with Crippen LogP contribution in [-0.2, 0) is 11.3 Å². The molecule has 0 amide bonds. The van der Waals surface area contributed by atoms with Gasteiger partial charge in [0.2, 0.25) is 0 Å². The summed E-state index contributed by atoms with van der Waals surface area (Å²) in [4.78, 5) is 2.29. The van der Waals surface area contributed by atoms with Crippen molar-refractivity contribution in [1.82, 2.24) is 14.5 Å². The molecule has 1 aromatic heterocycles. The van der Waals surface area contributed by atoms with Crippen molar-refractivity contribution in [2.75, 3.05) is 19.7 Å². The van der Waals surface area contributed by atoms with Gasteiger partial charge in [-0.3, -0.25) is 4.90 Å². The Balaban J connectivity index is 1.94. The van der Waals surface area contributed by atoms with Crippen LogP contribution in [0.5, 0.6) is 0 Å². The first-order valence-electron chi connectivity index (χ1n) is 4.56. The fraction of sp³-hybridized carbons (Fsp3) is 0.750. The van der Waals surface area contributed by atoms with Crippen molar-refractivity contribution in [3.05, 3.63) is 10.0 Å². The van der Waals surface area contributed by atoms with Crippen molar-refractivity contribution in [2.45, 2.75) is 19.6 Å². The number of rotatable bonds is 2. The molecule has 0 saturated carbocycles. The number of halogens is 1. The van der Waals surface area contributed by atoms with Gasteiger partial charge in [-0.15, -0.1) is 5.10 Å². The zero-order valence-corrected chi connectivity index (χ0v) is 9.51. The topological polar surface area (TPSA) is 38.2 Å². The van der Waals surface area contributed by atoms with Crippen LogP contribution in [0.2, 0.25) is 4.34 Å². The maximum Gasteiger partial charge on any atom is 0.138 e. The van der Waals surface area contributed by atoms with Crippen LogP contribution < -0.4 is 0 Å². The van der Waals surface area contributed by atoms with Crippen LogP contribution >= 0.6 is 23.1 Å². The normalized spacial score (nSPS) is 24.0. The van der Waals surface area contributed by atoms with E-state index in [9.17, 15) is 0 Å². The van der Waals surface area contributed by atoms with Crippen LogP contribution in [0.4, 0.5) is 0 Å². The molecule has 0 spiro atoms.